The van der Waals surface area contributed by atoms with E-state index < -0.39 is 0 Å². The molecule has 4 nitrogen and oxygen atoms in total. The third kappa shape index (κ3) is 3.84. The fraction of sp³-hybridized carbons (Fsp3) is 0.533. The molecule has 0 radical (unpaired) electrons. The van der Waals surface area contributed by atoms with Crippen LogP contribution in [0.4, 0.5) is 0 Å². The van der Waals surface area contributed by atoms with Gasteiger partial charge in [-0.3, -0.25) is 0 Å². The van der Waals surface area contributed by atoms with Crippen molar-refractivity contribution in [2.24, 2.45) is 0 Å². The third-order valence-electron chi connectivity index (χ3n) is 3.24. The second-order valence-electron chi connectivity index (χ2n) is 5.04. The van der Waals surface area contributed by atoms with Gasteiger partial charge in [-0.25, -0.2) is 15.0 Å². The summed E-state index contributed by atoms with van der Waals surface area (Å²) in [5.41, 5.74) is 3.28. The van der Waals surface area contributed by atoms with Gasteiger partial charge in [0.05, 0.1) is 17.1 Å². The van der Waals surface area contributed by atoms with Gasteiger partial charge in [0.2, 0.25) is 0 Å². The Morgan fingerprint density at radius 1 is 1.30 bits per heavy atom. The molecule has 1 unspecified atom stereocenters. The van der Waals surface area contributed by atoms with Gasteiger partial charge in [0, 0.05) is 28.9 Å². The summed E-state index contributed by atoms with van der Waals surface area (Å²) in [4.78, 5) is 13.6. The maximum absolute atomic E-state index is 4.62. The highest BCUT2D eigenvalue weighted by Crippen LogP contribution is 2.16. The van der Waals surface area contributed by atoms with Crippen molar-refractivity contribution < 1.29 is 0 Å². The minimum Gasteiger partial charge on any atom is -0.310 e. The number of hydrogen-bond acceptors (Lipinski definition) is 5. The standard InChI is InChI=1S/C15H22N4S/c1-5-6-16-10(2)14-8-17-15(18-11(14)3)7-13-9-20-12(4)19-13/h8-10,16H,5-7H2,1-4H3. The van der Waals surface area contributed by atoms with Gasteiger partial charge < -0.3 is 5.32 Å². The van der Waals surface area contributed by atoms with Crippen LogP contribution in [-0.2, 0) is 6.42 Å². The van der Waals surface area contributed by atoms with Gasteiger partial charge in [-0.15, -0.1) is 11.3 Å². The van der Waals surface area contributed by atoms with E-state index in [1.165, 1.54) is 5.56 Å². The topological polar surface area (TPSA) is 50.7 Å². The average Bonchev–Trinajstić information content (AvgIpc) is 2.81. The number of aryl methyl sites for hydroxylation is 2. The van der Waals surface area contributed by atoms with Crippen molar-refractivity contribution in [3.05, 3.63) is 39.4 Å². The quantitative estimate of drug-likeness (QED) is 0.887. The molecule has 20 heavy (non-hydrogen) atoms. The molecule has 2 aromatic heterocycles. The molecule has 0 saturated carbocycles. The summed E-state index contributed by atoms with van der Waals surface area (Å²) in [5, 5.41) is 6.64. The van der Waals surface area contributed by atoms with E-state index in [-0.39, 0.29) is 0 Å². The van der Waals surface area contributed by atoms with Crippen LogP contribution in [0.1, 0.15) is 54.1 Å². The highest BCUT2D eigenvalue weighted by Gasteiger charge is 2.11. The Morgan fingerprint density at radius 3 is 2.70 bits per heavy atom. The molecule has 0 amide bonds. The van der Waals surface area contributed by atoms with Gasteiger partial charge in [0.25, 0.3) is 0 Å². The summed E-state index contributed by atoms with van der Waals surface area (Å²) in [7, 11) is 0. The van der Waals surface area contributed by atoms with Crippen molar-refractivity contribution in [3.8, 4) is 0 Å². The van der Waals surface area contributed by atoms with E-state index >= 15 is 0 Å². The molecule has 0 saturated heterocycles. The van der Waals surface area contributed by atoms with Crippen LogP contribution in [0.3, 0.4) is 0 Å². The number of hydrogen-bond donors (Lipinski definition) is 1. The Kier molecular flexibility index (Phi) is 5.20. The third-order valence-corrected chi connectivity index (χ3v) is 4.06. The van der Waals surface area contributed by atoms with E-state index in [9.17, 15) is 0 Å². The summed E-state index contributed by atoms with van der Waals surface area (Å²) < 4.78 is 0. The molecule has 1 N–H and O–H groups in total. The molecule has 0 aliphatic carbocycles. The fourth-order valence-corrected chi connectivity index (χ4v) is 2.77. The van der Waals surface area contributed by atoms with Gasteiger partial charge in [0.15, 0.2) is 0 Å². The second kappa shape index (κ2) is 6.90. The highest BCUT2D eigenvalue weighted by atomic mass is 32.1. The summed E-state index contributed by atoms with van der Waals surface area (Å²) in [6.07, 6.45) is 3.79. The van der Waals surface area contributed by atoms with Gasteiger partial charge >= 0.3 is 0 Å². The SMILES string of the molecule is CCCNC(C)c1cnc(Cc2csc(C)n2)nc1C. The first-order chi connectivity index (χ1) is 9.60. The number of thiazole rings is 1. The Labute approximate surface area is 124 Å². The van der Waals surface area contributed by atoms with Crippen LogP contribution >= 0.6 is 11.3 Å². The molecular weight excluding hydrogens is 268 g/mol. The molecule has 0 spiro atoms. The molecule has 0 fully saturated rings. The zero-order valence-electron chi connectivity index (χ0n) is 12.6. The number of nitrogens with one attached hydrogen (secondary N) is 1. The molecule has 2 heterocycles. The predicted molar refractivity (Wildman–Crippen MR) is 83.1 cm³/mol. The van der Waals surface area contributed by atoms with E-state index in [0.29, 0.717) is 12.5 Å². The molecule has 2 aromatic rings. The maximum atomic E-state index is 4.62. The Morgan fingerprint density at radius 2 is 2.10 bits per heavy atom. The summed E-state index contributed by atoms with van der Waals surface area (Å²) in [6, 6.07) is 0.297. The van der Waals surface area contributed by atoms with Gasteiger partial charge in [-0.05, 0) is 33.7 Å². The van der Waals surface area contributed by atoms with Gasteiger partial charge in [-0.2, -0.15) is 0 Å². The summed E-state index contributed by atoms with van der Waals surface area (Å²) >= 11 is 1.67. The second-order valence-corrected chi connectivity index (χ2v) is 6.10. The van der Waals surface area contributed by atoms with Gasteiger partial charge in [-0.1, -0.05) is 6.92 Å². The van der Waals surface area contributed by atoms with E-state index in [1.54, 1.807) is 11.3 Å². The lowest BCUT2D eigenvalue weighted by molar-refractivity contribution is 0.563. The van der Waals surface area contributed by atoms with Crippen LogP contribution in [-0.4, -0.2) is 21.5 Å². The zero-order valence-corrected chi connectivity index (χ0v) is 13.4. The first-order valence-corrected chi connectivity index (χ1v) is 7.95. The van der Waals surface area contributed by atoms with Crippen LogP contribution in [0.5, 0.6) is 0 Å². The largest absolute Gasteiger partial charge is 0.310 e. The number of nitrogens with zero attached hydrogens (tertiary/aromatic N) is 3. The van der Waals surface area contributed by atoms with Crippen LogP contribution in [0, 0.1) is 13.8 Å². The molecule has 1 atom stereocenters. The zero-order chi connectivity index (χ0) is 14.5. The van der Waals surface area contributed by atoms with Crippen molar-refractivity contribution in [1.29, 1.82) is 0 Å². The van der Waals surface area contributed by atoms with Crippen LogP contribution in [0.25, 0.3) is 0 Å². The first kappa shape index (κ1) is 15.1. The molecule has 0 aromatic carbocycles. The van der Waals surface area contributed by atoms with E-state index in [1.807, 2.05) is 13.1 Å². The smallest absolute Gasteiger partial charge is 0.134 e. The average molecular weight is 290 g/mol. The van der Waals surface area contributed by atoms with E-state index in [4.69, 9.17) is 0 Å². The predicted octanol–water partition coefficient (Wildman–Crippen LogP) is 3.20. The summed E-state index contributed by atoms with van der Waals surface area (Å²) in [6.45, 7) is 9.41. The summed E-state index contributed by atoms with van der Waals surface area (Å²) in [5.74, 6) is 0.847. The molecule has 0 aliphatic rings. The van der Waals surface area contributed by atoms with Crippen molar-refractivity contribution >= 4 is 11.3 Å². The molecular formula is C15H22N4S. The monoisotopic (exact) mass is 290 g/mol. The van der Waals surface area contributed by atoms with E-state index in [2.05, 4.69) is 46.4 Å². The van der Waals surface area contributed by atoms with Crippen LogP contribution in [0.2, 0.25) is 0 Å². The normalized spacial score (nSPS) is 12.6. The maximum Gasteiger partial charge on any atom is 0.134 e. The van der Waals surface area contributed by atoms with Crippen molar-refractivity contribution in [2.75, 3.05) is 6.54 Å². The minimum absolute atomic E-state index is 0.297. The minimum atomic E-state index is 0.297. The Balaban J connectivity index is 2.09. The van der Waals surface area contributed by atoms with Crippen molar-refractivity contribution in [3.63, 3.8) is 0 Å². The molecule has 0 bridgehead atoms. The van der Waals surface area contributed by atoms with Gasteiger partial charge in [0.1, 0.15) is 5.82 Å². The number of rotatable bonds is 6. The van der Waals surface area contributed by atoms with E-state index in [0.717, 1.165) is 35.2 Å². The molecule has 0 aliphatic heterocycles. The van der Waals surface area contributed by atoms with Crippen LogP contribution < -0.4 is 5.32 Å². The molecule has 108 valence electrons. The molecule has 5 heteroatoms. The highest BCUT2D eigenvalue weighted by molar-refractivity contribution is 7.09. The Hall–Kier alpha value is -1.33. The lowest BCUT2D eigenvalue weighted by Crippen LogP contribution is -2.21. The molecule has 2 rings (SSSR count). The first-order valence-electron chi connectivity index (χ1n) is 7.07. The van der Waals surface area contributed by atoms with Crippen molar-refractivity contribution in [2.45, 2.75) is 46.6 Å². The number of aromatic nitrogens is 3. The van der Waals surface area contributed by atoms with Crippen molar-refractivity contribution in [1.82, 2.24) is 20.3 Å². The Bertz CT molecular complexity index is 565. The fourth-order valence-electron chi connectivity index (χ4n) is 2.16. The lowest BCUT2D eigenvalue weighted by atomic mass is 10.1. The lowest BCUT2D eigenvalue weighted by Gasteiger charge is -2.15. The van der Waals surface area contributed by atoms with Crippen LogP contribution in [0.15, 0.2) is 11.6 Å².